The minimum atomic E-state index is -0.396. The van der Waals surface area contributed by atoms with Crippen molar-refractivity contribution in [3.05, 3.63) is 132 Å². The molecule has 4 aromatic rings. The molecule has 0 aliphatic carbocycles. The monoisotopic (exact) mass is 822 g/mol. The predicted octanol–water partition coefficient (Wildman–Crippen LogP) is 11.4. The van der Waals surface area contributed by atoms with Gasteiger partial charge in [0.2, 0.25) is 0 Å². The summed E-state index contributed by atoms with van der Waals surface area (Å²) >= 11 is 0. The van der Waals surface area contributed by atoms with Gasteiger partial charge in [0.25, 0.3) is 0 Å². The van der Waals surface area contributed by atoms with Crippen LogP contribution < -0.4 is 18.9 Å². The van der Waals surface area contributed by atoms with E-state index in [9.17, 15) is 14.4 Å². The molecule has 1 heterocycles. The highest BCUT2D eigenvalue weighted by Crippen LogP contribution is 2.19. The van der Waals surface area contributed by atoms with Crippen molar-refractivity contribution in [2.75, 3.05) is 33.0 Å². The van der Waals surface area contributed by atoms with Crippen LogP contribution in [0.4, 0.5) is 0 Å². The van der Waals surface area contributed by atoms with Crippen LogP contribution >= 0.6 is 0 Å². The smallest absolute Gasteiger partial charge is 0.343 e. The summed E-state index contributed by atoms with van der Waals surface area (Å²) in [5, 5.41) is 0. The van der Waals surface area contributed by atoms with Gasteiger partial charge in [0.15, 0.2) is 6.29 Å². The highest BCUT2D eigenvalue weighted by molar-refractivity contribution is 5.91. The van der Waals surface area contributed by atoms with E-state index in [1.807, 2.05) is 50.2 Å². The molecule has 1 aliphatic heterocycles. The van der Waals surface area contributed by atoms with Gasteiger partial charge in [0.1, 0.15) is 23.0 Å². The molecular formula is C50H62O10. The van der Waals surface area contributed by atoms with Crippen LogP contribution in [0.3, 0.4) is 0 Å². The third kappa shape index (κ3) is 19.5. The predicted molar refractivity (Wildman–Crippen MR) is 233 cm³/mol. The number of benzene rings is 4. The summed E-state index contributed by atoms with van der Waals surface area (Å²) in [6.45, 7) is 10.7. The van der Waals surface area contributed by atoms with Gasteiger partial charge < -0.3 is 33.2 Å². The lowest BCUT2D eigenvalue weighted by molar-refractivity contribution is -0.162. The van der Waals surface area contributed by atoms with E-state index >= 15 is 0 Å². The fraction of sp³-hybridized carbons (Fsp3) is 0.420. The van der Waals surface area contributed by atoms with Crippen molar-refractivity contribution < 1.29 is 47.5 Å². The second kappa shape index (κ2) is 28.1. The highest BCUT2D eigenvalue weighted by atomic mass is 16.7. The Bertz CT molecular complexity index is 1810. The third-order valence-corrected chi connectivity index (χ3v) is 9.61. The molecule has 0 amide bonds. The van der Waals surface area contributed by atoms with Gasteiger partial charge in [-0.15, -0.1) is 0 Å². The summed E-state index contributed by atoms with van der Waals surface area (Å²) in [7, 11) is 0. The quantitative estimate of drug-likeness (QED) is 0.0293. The topological polar surface area (TPSA) is 116 Å². The second-order valence-corrected chi connectivity index (χ2v) is 14.7. The Kier molecular flexibility index (Phi) is 22.1. The minimum absolute atomic E-state index is 0.0359. The lowest BCUT2D eigenvalue weighted by Gasteiger charge is -2.22. The van der Waals surface area contributed by atoms with E-state index in [0.717, 1.165) is 87.9 Å². The minimum Gasteiger partial charge on any atom is -0.494 e. The van der Waals surface area contributed by atoms with Crippen LogP contribution in [0.2, 0.25) is 0 Å². The summed E-state index contributed by atoms with van der Waals surface area (Å²) in [6, 6.07) is 28.8. The molecule has 4 aromatic carbocycles. The Morgan fingerprint density at radius 2 is 0.967 bits per heavy atom. The van der Waals surface area contributed by atoms with E-state index < -0.39 is 5.97 Å². The number of unbranched alkanes of at least 4 members (excludes halogenated alkanes) is 8. The van der Waals surface area contributed by atoms with Crippen LogP contribution in [0.25, 0.3) is 0 Å². The van der Waals surface area contributed by atoms with Crippen molar-refractivity contribution in [3.63, 3.8) is 0 Å². The lowest BCUT2D eigenvalue weighted by atomic mass is 10.1. The molecule has 0 aromatic heterocycles. The number of carbonyl (C=O) groups is 3. The summed E-state index contributed by atoms with van der Waals surface area (Å²) in [4.78, 5) is 35.3. The number of ether oxygens (including phenoxy) is 7. The Labute approximate surface area is 356 Å². The average molecular weight is 823 g/mol. The largest absolute Gasteiger partial charge is 0.494 e. The molecule has 0 spiro atoms. The Morgan fingerprint density at radius 3 is 1.40 bits per heavy atom. The SMILES string of the molecule is C=CC(=O)OCCCCCCOc1ccc(C(=O)Oc2ccc(C)cc2)cc1.Cc1ccc(OC(=O)c2ccc(OCCCCCCCCOC3CCCCO3)cc2)cc1. The fourth-order valence-corrected chi connectivity index (χ4v) is 6.06. The molecule has 5 rings (SSSR count). The van der Waals surface area contributed by atoms with E-state index in [4.69, 9.17) is 33.2 Å². The highest BCUT2D eigenvalue weighted by Gasteiger charge is 2.14. The number of aryl methyl sites for hydroxylation is 2. The first-order valence-electron chi connectivity index (χ1n) is 21.3. The van der Waals surface area contributed by atoms with Gasteiger partial charge in [-0.1, -0.05) is 67.7 Å². The van der Waals surface area contributed by atoms with E-state index in [1.165, 1.54) is 31.8 Å². The number of esters is 3. The van der Waals surface area contributed by atoms with E-state index in [-0.39, 0.29) is 18.2 Å². The molecule has 60 heavy (non-hydrogen) atoms. The molecule has 0 bridgehead atoms. The number of rotatable bonds is 24. The molecule has 1 fully saturated rings. The average Bonchev–Trinajstić information content (AvgIpc) is 3.27. The van der Waals surface area contributed by atoms with Gasteiger partial charge in [0.05, 0.1) is 30.9 Å². The molecule has 1 saturated heterocycles. The number of carbonyl (C=O) groups excluding carboxylic acids is 3. The molecular weight excluding hydrogens is 761 g/mol. The molecule has 10 heteroatoms. The van der Waals surface area contributed by atoms with Crippen molar-refractivity contribution in [1.29, 1.82) is 0 Å². The molecule has 322 valence electrons. The summed E-state index contributed by atoms with van der Waals surface area (Å²) in [5.74, 6) is 1.42. The van der Waals surface area contributed by atoms with Crippen molar-refractivity contribution >= 4 is 17.9 Å². The van der Waals surface area contributed by atoms with Crippen LogP contribution in [0.1, 0.15) is 115 Å². The maximum atomic E-state index is 12.2. The van der Waals surface area contributed by atoms with Crippen LogP contribution in [0.15, 0.2) is 110 Å². The van der Waals surface area contributed by atoms with Crippen LogP contribution in [0.5, 0.6) is 23.0 Å². The lowest BCUT2D eigenvalue weighted by Crippen LogP contribution is -2.22. The van der Waals surface area contributed by atoms with Gasteiger partial charge in [0, 0.05) is 19.3 Å². The zero-order valence-electron chi connectivity index (χ0n) is 35.4. The van der Waals surface area contributed by atoms with Gasteiger partial charge in [-0.2, -0.15) is 0 Å². The first-order valence-corrected chi connectivity index (χ1v) is 21.3. The number of hydrogen-bond donors (Lipinski definition) is 0. The summed E-state index contributed by atoms with van der Waals surface area (Å²) in [5.41, 5.74) is 3.22. The van der Waals surface area contributed by atoms with Gasteiger partial charge in [-0.3, -0.25) is 0 Å². The molecule has 1 atom stereocenters. The zero-order chi connectivity index (χ0) is 42.6. The van der Waals surface area contributed by atoms with Crippen LogP contribution in [-0.4, -0.2) is 57.2 Å². The molecule has 1 aliphatic rings. The summed E-state index contributed by atoms with van der Waals surface area (Å²) < 4.78 is 38.5. The first-order chi connectivity index (χ1) is 29.3. The van der Waals surface area contributed by atoms with E-state index in [1.54, 1.807) is 60.7 Å². The normalized spacial score (nSPS) is 13.3. The van der Waals surface area contributed by atoms with Crippen molar-refractivity contribution in [2.24, 2.45) is 0 Å². The van der Waals surface area contributed by atoms with Crippen LogP contribution in [-0.2, 0) is 19.0 Å². The second-order valence-electron chi connectivity index (χ2n) is 14.7. The Hall–Kier alpha value is -5.45. The maximum absolute atomic E-state index is 12.2. The van der Waals surface area contributed by atoms with E-state index in [0.29, 0.717) is 48.2 Å². The summed E-state index contributed by atoms with van der Waals surface area (Å²) in [6.07, 6.45) is 15.3. The van der Waals surface area contributed by atoms with E-state index in [2.05, 4.69) is 6.58 Å². The number of hydrogen-bond acceptors (Lipinski definition) is 10. The van der Waals surface area contributed by atoms with Crippen molar-refractivity contribution in [1.82, 2.24) is 0 Å². The molecule has 0 saturated carbocycles. The first kappa shape index (κ1) is 47.2. The Balaban J connectivity index is 0.000000267. The molecule has 1 unspecified atom stereocenters. The van der Waals surface area contributed by atoms with Gasteiger partial charge in [-0.05, 0) is 144 Å². The third-order valence-electron chi connectivity index (χ3n) is 9.61. The maximum Gasteiger partial charge on any atom is 0.343 e. The fourth-order valence-electron chi connectivity index (χ4n) is 6.06. The molecule has 0 radical (unpaired) electrons. The molecule has 0 N–H and O–H groups in total. The standard InChI is InChI=1S/C27H36O5.C23H26O5/c1-22-11-15-25(16-12-22)32-27(28)23-13-17-24(18-14-23)29-19-7-4-2-3-5-8-20-30-26-10-6-9-21-31-26;1-3-22(24)27-17-7-5-4-6-16-26-20-14-10-19(11-15-20)23(25)28-21-12-8-18(2)9-13-21/h11-18,26H,2-10,19-21H2,1H3;3,8-15H,1,4-7,16-17H2,2H3. The van der Waals surface area contributed by atoms with Crippen LogP contribution in [0, 0.1) is 13.8 Å². The van der Waals surface area contributed by atoms with Gasteiger partial charge in [-0.25, -0.2) is 14.4 Å². The Morgan fingerprint density at radius 1 is 0.550 bits per heavy atom. The molecule has 10 nitrogen and oxygen atoms in total. The van der Waals surface area contributed by atoms with Crippen molar-refractivity contribution in [2.45, 2.75) is 104 Å². The van der Waals surface area contributed by atoms with Gasteiger partial charge >= 0.3 is 17.9 Å². The zero-order valence-corrected chi connectivity index (χ0v) is 35.4. The van der Waals surface area contributed by atoms with Crippen molar-refractivity contribution in [3.8, 4) is 23.0 Å².